The SMILES string of the molecule is Cc1ccccc1C1NCC(C)(C)c2ccc(CBr)c(F)c21. The number of alkyl halides is 1. The summed E-state index contributed by atoms with van der Waals surface area (Å²) >= 11 is 3.39. The van der Waals surface area contributed by atoms with Crippen LogP contribution in [0.2, 0.25) is 0 Å². The molecule has 1 heterocycles. The molecule has 1 N–H and O–H groups in total. The van der Waals surface area contributed by atoms with Gasteiger partial charge < -0.3 is 5.32 Å². The van der Waals surface area contributed by atoms with Gasteiger partial charge in [0.25, 0.3) is 0 Å². The Morgan fingerprint density at radius 3 is 2.64 bits per heavy atom. The van der Waals surface area contributed by atoms with Crippen LogP contribution in [0.3, 0.4) is 0 Å². The Kier molecular flexibility index (Phi) is 4.13. The van der Waals surface area contributed by atoms with Crippen LogP contribution in [-0.4, -0.2) is 6.54 Å². The number of hydrogen-bond donors (Lipinski definition) is 1. The highest BCUT2D eigenvalue weighted by Crippen LogP contribution is 2.40. The van der Waals surface area contributed by atoms with Crippen LogP contribution >= 0.6 is 15.9 Å². The summed E-state index contributed by atoms with van der Waals surface area (Å²) in [7, 11) is 0. The fourth-order valence-electron chi connectivity index (χ4n) is 3.34. The Morgan fingerprint density at radius 2 is 1.95 bits per heavy atom. The number of aryl methyl sites for hydroxylation is 1. The standard InChI is InChI=1S/C19H21BrFN/c1-12-6-4-5-7-14(12)18-16-15(19(2,3)11-22-18)9-8-13(10-20)17(16)21/h4-9,18,22H,10-11H2,1-3H3. The molecule has 0 spiro atoms. The average Bonchev–Trinajstić information content (AvgIpc) is 2.49. The molecule has 2 aromatic rings. The summed E-state index contributed by atoms with van der Waals surface area (Å²) in [6.07, 6.45) is 0. The summed E-state index contributed by atoms with van der Waals surface area (Å²) in [6.45, 7) is 7.26. The summed E-state index contributed by atoms with van der Waals surface area (Å²) in [5, 5.41) is 4.09. The Morgan fingerprint density at radius 1 is 1.23 bits per heavy atom. The van der Waals surface area contributed by atoms with E-state index >= 15 is 4.39 Å². The number of rotatable bonds is 2. The minimum atomic E-state index is -0.0806. The molecule has 0 radical (unpaired) electrons. The third-order valence-electron chi connectivity index (χ3n) is 4.67. The molecule has 0 bridgehead atoms. The van der Waals surface area contributed by atoms with Gasteiger partial charge in [-0.25, -0.2) is 4.39 Å². The van der Waals surface area contributed by atoms with Crippen molar-refractivity contribution in [2.75, 3.05) is 6.54 Å². The number of halogens is 2. The maximum Gasteiger partial charge on any atom is 0.132 e. The highest BCUT2D eigenvalue weighted by atomic mass is 79.9. The highest BCUT2D eigenvalue weighted by Gasteiger charge is 2.36. The number of nitrogens with one attached hydrogen (secondary N) is 1. The van der Waals surface area contributed by atoms with Gasteiger partial charge in [-0.05, 0) is 29.2 Å². The largest absolute Gasteiger partial charge is 0.305 e. The van der Waals surface area contributed by atoms with E-state index in [9.17, 15) is 0 Å². The molecule has 1 aliphatic heterocycles. The zero-order valence-corrected chi connectivity index (χ0v) is 14.8. The molecule has 0 aliphatic carbocycles. The van der Waals surface area contributed by atoms with Crippen molar-refractivity contribution in [1.29, 1.82) is 0 Å². The molecule has 0 amide bonds. The smallest absolute Gasteiger partial charge is 0.132 e. The Labute approximate surface area is 140 Å². The summed E-state index contributed by atoms with van der Waals surface area (Å²) < 4.78 is 15.1. The van der Waals surface area contributed by atoms with Crippen LogP contribution in [0.1, 0.15) is 47.7 Å². The van der Waals surface area contributed by atoms with E-state index < -0.39 is 0 Å². The molecule has 1 aliphatic rings. The van der Waals surface area contributed by atoms with Gasteiger partial charge in [0.2, 0.25) is 0 Å². The predicted octanol–water partition coefficient (Wildman–Crippen LogP) is 5.00. The predicted molar refractivity (Wildman–Crippen MR) is 93.1 cm³/mol. The summed E-state index contributed by atoms with van der Waals surface area (Å²) in [5.74, 6) is -0.0806. The van der Waals surface area contributed by atoms with Crippen molar-refractivity contribution in [2.24, 2.45) is 0 Å². The lowest BCUT2D eigenvalue weighted by Gasteiger charge is -2.39. The van der Waals surface area contributed by atoms with E-state index in [-0.39, 0.29) is 17.3 Å². The summed E-state index contributed by atoms with van der Waals surface area (Å²) in [5.41, 5.74) is 4.92. The van der Waals surface area contributed by atoms with Crippen LogP contribution in [0.25, 0.3) is 0 Å². The van der Waals surface area contributed by atoms with Crippen molar-refractivity contribution >= 4 is 15.9 Å². The summed E-state index contributed by atoms with van der Waals surface area (Å²) in [4.78, 5) is 0. The van der Waals surface area contributed by atoms with Crippen LogP contribution in [0.15, 0.2) is 36.4 Å². The molecule has 2 aromatic carbocycles. The topological polar surface area (TPSA) is 12.0 Å². The molecule has 116 valence electrons. The van der Waals surface area contributed by atoms with E-state index in [0.717, 1.165) is 28.8 Å². The second-order valence-electron chi connectivity index (χ2n) is 6.69. The van der Waals surface area contributed by atoms with Gasteiger partial charge in [0.15, 0.2) is 0 Å². The number of hydrogen-bond acceptors (Lipinski definition) is 1. The van der Waals surface area contributed by atoms with Crippen molar-refractivity contribution in [2.45, 2.75) is 37.6 Å². The molecule has 0 aromatic heterocycles. The lowest BCUT2D eigenvalue weighted by Crippen LogP contribution is -2.43. The number of fused-ring (bicyclic) bond motifs is 1. The quantitative estimate of drug-likeness (QED) is 0.742. The maximum absolute atomic E-state index is 15.1. The van der Waals surface area contributed by atoms with Gasteiger partial charge in [0.05, 0.1) is 6.04 Å². The van der Waals surface area contributed by atoms with Gasteiger partial charge in [0.1, 0.15) is 5.82 Å². The fraction of sp³-hybridized carbons (Fsp3) is 0.368. The van der Waals surface area contributed by atoms with E-state index in [4.69, 9.17) is 0 Å². The first-order chi connectivity index (χ1) is 10.5. The highest BCUT2D eigenvalue weighted by molar-refractivity contribution is 9.08. The van der Waals surface area contributed by atoms with E-state index in [1.807, 2.05) is 18.2 Å². The van der Waals surface area contributed by atoms with Crippen molar-refractivity contribution in [3.8, 4) is 0 Å². The van der Waals surface area contributed by atoms with Crippen molar-refractivity contribution in [1.82, 2.24) is 5.32 Å². The van der Waals surface area contributed by atoms with E-state index in [1.165, 1.54) is 5.56 Å². The summed E-state index contributed by atoms with van der Waals surface area (Å²) in [6, 6.07) is 12.2. The normalized spacial score (nSPS) is 19.8. The van der Waals surface area contributed by atoms with Gasteiger partial charge in [-0.2, -0.15) is 0 Å². The van der Waals surface area contributed by atoms with E-state index in [0.29, 0.717) is 5.33 Å². The monoisotopic (exact) mass is 361 g/mol. The molecule has 3 rings (SSSR count). The van der Waals surface area contributed by atoms with Gasteiger partial charge in [0, 0.05) is 22.9 Å². The molecular weight excluding hydrogens is 341 g/mol. The molecule has 3 heteroatoms. The first kappa shape index (κ1) is 15.7. The zero-order chi connectivity index (χ0) is 15.9. The van der Waals surface area contributed by atoms with Crippen molar-refractivity contribution in [3.05, 3.63) is 70.0 Å². The van der Waals surface area contributed by atoms with Crippen LogP contribution < -0.4 is 5.32 Å². The van der Waals surface area contributed by atoms with Gasteiger partial charge >= 0.3 is 0 Å². The lowest BCUT2D eigenvalue weighted by atomic mass is 9.74. The second kappa shape index (κ2) is 5.78. The number of benzene rings is 2. The molecule has 0 fully saturated rings. The van der Waals surface area contributed by atoms with Crippen molar-refractivity contribution < 1.29 is 4.39 Å². The van der Waals surface area contributed by atoms with Crippen LogP contribution in [0.5, 0.6) is 0 Å². The molecule has 0 saturated heterocycles. The zero-order valence-electron chi connectivity index (χ0n) is 13.2. The van der Waals surface area contributed by atoms with Crippen LogP contribution in [-0.2, 0) is 10.7 Å². The van der Waals surface area contributed by atoms with E-state index in [1.54, 1.807) is 0 Å². The third-order valence-corrected chi connectivity index (χ3v) is 5.27. The minimum Gasteiger partial charge on any atom is -0.305 e. The molecule has 1 unspecified atom stereocenters. The minimum absolute atomic E-state index is 0.0692. The van der Waals surface area contributed by atoms with Crippen molar-refractivity contribution in [3.63, 3.8) is 0 Å². The Balaban J connectivity index is 2.24. The fourth-order valence-corrected chi connectivity index (χ4v) is 3.78. The molecule has 1 nitrogen and oxygen atoms in total. The first-order valence-corrected chi connectivity index (χ1v) is 8.74. The Bertz CT molecular complexity index is 709. The van der Waals surface area contributed by atoms with Crippen LogP contribution in [0, 0.1) is 12.7 Å². The lowest BCUT2D eigenvalue weighted by molar-refractivity contribution is 0.392. The first-order valence-electron chi connectivity index (χ1n) is 7.62. The molecule has 22 heavy (non-hydrogen) atoms. The average molecular weight is 362 g/mol. The Hall–Kier alpha value is -1.19. The molecule has 0 saturated carbocycles. The van der Waals surface area contributed by atoms with E-state index in [2.05, 4.69) is 60.2 Å². The molecule has 1 atom stereocenters. The molecular formula is C19H21BrFN. The van der Waals surface area contributed by atoms with Crippen LogP contribution in [0.4, 0.5) is 4.39 Å². The van der Waals surface area contributed by atoms with Gasteiger partial charge in [-0.1, -0.05) is 66.2 Å². The van der Waals surface area contributed by atoms with Gasteiger partial charge in [-0.15, -0.1) is 0 Å². The van der Waals surface area contributed by atoms with Gasteiger partial charge in [-0.3, -0.25) is 0 Å². The second-order valence-corrected chi connectivity index (χ2v) is 7.25. The third kappa shape index (κ3) is 2.50. The maximum atomic E-state index is 15.1.